The van der Waals surface area contributed by atoms with Crippen molar-refractivity contribution >= 4 is 35.1 Å². The number of hydrogen-bond donors (Lipinski definition) is 3. The predicted octanol–water partition coefficient (Wildman–Crippen LogP) is 5.40. The summed E-state index contributed by atoms with van der Waals surface area (Å²) < 4.78 is 0. The number of aliphatic carboxylic acids is 1. The summed E-state index contributed by atoms with van der Waals surface area (Å²) in [6, 6.07) is 13.6. The molecule has 34 heavy (non-hydrogen) atoms. The van der Waals surface area contributed by atoms with Gasteiger partial charge >= 0.3 is 5.97 Å². The van der Waals surface area contributed by atoms with Crippen LogP contribution < -0.4 is 0 Å². The molecule has 0 aliphatic carbocycles. The Kier molecular flexibility index (Phi) is 7.98. The molecule has 6 nitrogen and oxygen atoms in total. The van der Waals surface area contributed by atoms with Crippen LogP contribution in [0.2, 0.25) is 10.0 Å². The van der Waals surface area contributed by atoms with Gasteiger partial charge in [0.25, 0.3) is 0 Å². The summed E-state index contributed by atoms with van der Waals surface area (Å²) in [6.07, 6.45) is 0.343. The lowest BCUT2D eigenvalue weighted by Gasteiger charge is -2.52. The number of carbonyl (C=O) groups is 2. The van der Waals surface area contributed by atoms with Crippen LogP contribution in [0, 0.1) is 5.41 Å². The van der Waals surface area contributed by atoms with E-state index in [1.807, 2.05) is 37.3 Å². The van der Waals surface area contributed by atoms with Crippen LogP contribution in [0.1, 0.15) is 69.5 Å². The zero-order valence-electron chi connectivity index (χ0n) is 19.5. The summed E-state index contributed by atoms with van der Waals surface area (Å²) in [5.41, 5.74) is 0.527. The molecule has 1 aliphatic rings. The molecule has 2 aromatic rings. The largest absolute Gasteiger partial charge is 0.481 e. The number of halogens is 2. The number of aliphatic hydroxyl groups is 2. The first kappa shape index (κ1) is 26.5. The number of likely N-dealkylation sites (tertiary alicyclic amines) is 1. The van der Waals surface area contributed by atoms with Gasteiger partial charge in [-0.3, -0.25) is 9.59 Å². The minimum Gasteiger partial charge on any atom is -0.481 e. The van der Waals surface area contributed by atoms with Crippen LogP contribution in [-0.4, -0.2) is 43.9 Å². The number of hydrogen-bond acceptors (Lipinski definition) is 4. The maximum Gasteiger partial charge on any atom is 0.304 e. The van der Waals surface area contributed by atoms with E-state index in [2.05, 4.69) is 0 Å². The van der Waals surface area contributed by atoms with Gasteiger partial charge in [-0.15, -0.1) is 0 Å². The lowest BCUT2D eigenvalue weighted by atomic mass is 9.67. The first-order chi connectivity index (χ1) is 15.8. The van der Waals surface area contributed by atoms with E-state index in [0.29, 0.717) is 22.9 Å². The third kappa shape index (κ3) is 5.92. The molecule has 1 aliphatic heterocycles. The number of piperidine rings is 1. The molecule has 0 radical (unpaired) electrons. The summed E-state index contributed by atoms with van der Waals surface area (Å²) in [5.74, 6) is -3.66. The fourth-order valence-corrected chi connectivity index (χ4v) is 5.49. The molecule has 3 rings (SSSR count). The fraction of sp³-hybridized carbons (Fsp3) is 0.462. The van der Waals surface area contributed by atoms with Crippen LogP contribution in [0.4, 0.5) is 0 Å². The number of nitrogens with zero attached hydrogens (tertiary/aromatic N) is 1. The van der Waals surface area contributed by atoms with Crippen molar-refractivity contribution in [3.8, 4) is 0 Å². The second kappa shape index (κ2) is 10.2. The van der Waals surface area contributed by atoms with Crippen LogP contribution in [0.5, 0.6) is 0 Å². The molecule has 1 fully saturated rings. The lowest BCUT2D eigenvalue weighted by molar-refractivity contribution is -0.177. The average molecular weight is 508 g/mol. The number of rotatable bonds is 8. The smallest absolute Gasteiger partial charge is 0.304 e. The highest BCUT2D eigenvalue weighted by atomic mass is 35.5. The third-order valence-electron chi connectivity index (χ3n) is 6.62. The molecule has 8 heteroatoms. The summed E-state index contributed by atoms with van der Waals surface area (Å²) in [7, 11) is 0. The second-order valence-corrected chi connectivity index (χ2v) is 10.6. The SMILES string of the molecule is CC[C@@H](CC(C)(O)O)N1C(=O)[C@@](C)(CC(=O)O)C[C@H](c2cccc(Cl)c2)[C@H]1c1ccc(Cl)cc1. The number of carboxylic acids is 1. The molecule has 3 N–H and O–H groups in total. The summed E-state index contributed by atoms with van der Waals surface area (Å²) in [6.45, 7) is 4.84. The minimum atomic E-state index is -2.00. The van der Waals surface area contributed by atoms with Gasteiger partial charge in [0.2, 0.25) is 5.91 Å². The van der Waals surface area contributed by atoms with Gasteiger partial charge in [-0.25, -0.2) is 0 Å². The number of carboxylic acid groups (broad SMARTS) is 1. The second-order valence-electron chi connectivity index (χ2n) is 9.69. The minimum absolute atomic E-state index is 0.0786. The topological polar surface area (TPSA) is 98.1 Å². The molecular formula is C26H31Cl2NO5. The van der Waals surface area contributed by atoms with Crippen molar-refractivity contribution in [3.63, 3.8) is 0 Å². The number of benzene rings is 2. The van der Waals surface area contributed by atoms with Gasteiger partial charge in [0, 0.05) is 28.4 Å². The molecule has 1 heterocycles. The summed E-state index contributed by atoms with van der Waals surface area (Å²) >= 11 is 12.5. The Morgan fingerprint density at radius 3 is 2.32 bits per heavy atom. The van der Waals surface area contributed by atoms with Gasteiger partial charge in [-0.05, 0) is 55.2 Å². The van der Waals surface area contributed by atoms with Crippen molar-refractivity contribution in [3.05, 3.63) is 69.7 Å². The number of amides is 1. The predicted molar refractivity (Wildman–Crippen MR) is 132 cm³/mol. The Morgan fingerprint density at radius 2 is 1.79 bits per heavy atom. The van der Waals surface area contributed by atoms with Crippen LogP contribution in [-0.2, 0) is 9.59 Å². The Balaban J connectivity index is 2.24. The monoisotopic (exact) mass is 507 g/mol. The molecule has 4 atom stereocenters. The highest BCUT2D eigenvalue weighted by molar-refractivity contribution is 6.30. The maximum atomic E-state index is 14.0. The zero-order chi connectivity index (χ0) is 25.3. The highest BCUT2D eigenvalue weighted by Gasteiger charge is 2.52. The highest BCUT2D eigenvalue weighted by Crippen LogP contribution is 2.52. The van der Waals surface area contributed by atoms with Crippen molar-refractivity contribution < 1.29 is 24.9 Å². The molecule has 1 saturated heterocycles. The Labute approximate surface area is 210 Å². The Hall–Kier alpha value is -2.12. The summed E-state index contributed by atoms with van der Waals surface area (Å²) in [5, 5.41) is 31.2. The van der Waals surface area contributed by atoms with E-state index in [4.69, 9.17) is 23.2 Å². The van der Waals surface area contributed by atoms with Crippen molar-refractivity contribution in [2.24, 2.45) is 5.41 Å². The quantitative estimate of drug-likeness (QED) is 0.415. The molecule has 2 aromatic carbocycles. The van der Waals surface area contributed by atoms with Crippen molar-refractivity contribution in [2.75, 3.05) is 0 Å². The van der Waals surface area contributed by atoms with Gasteiger partial charge < -0.3 is 20.2 Å². The van der Waals surface area contributed by atoms with E-state index in [9.17, 15) is 24.9 Å². The first-order valence-corrected chi connectivity index (χ1v) is 12.1. The summed E-state index contributed by atoms with van der Waals surface area (Å²) in [4.78, 5) is 27.5. The van der Waals surface area contributed by atoms with Crippen molar-refractivity contribution in [1.82, 2.24) is 4.90 Å². The zero-order valence-corrected chi connectivity index (χ0v) is 21.1. The van der Waals surface area contributed by atoms with Crippen LogP contribution in [0.3, 0.4) is 0 Å². The number of carbonyl (C=O) groups excluding carboxylic acids is 1. The van der Waals surface area contributed by atoms with E-state index in [1.54, 1.807) is 30.0 Å². The molecule has 0 bridgehead atoms. The van der Waals surface area contributed by atoms with E-state index < -0.39 is 29.3 Å². The Bertz CT molecular complexity index is 1040. The molecule has 1 amide bonds. The van der Waals surface area contributed by atoms with Gasteiger partial charge in [0.15, 0.2) is 5.79 Å². The van der Waals surface area contributed by atoms with Crippen LogP contribution in [0.25, 0.3) is 0 Å². The molecule has 0 aromatic heterocycles. The van der Waals surface area contributed by atoms with Crippen molar-refractivity contribution in [1.29, 1.82) is 0 Å². The molecule has 0 saturated carbocycles. The van der Waals surface area contributed by atoms with Crippen LogP contribution >= 0.6 is 23.2 Å². The van der Waals surface area contributed by atoms with Gasteiger partial charge in [-0.1, -0.05) is 61.3 Å². The fourth-order valence-electron chi connectivity index (χ4n) is 5.17. The average Bonchev–Trinajstić information content (AvgIpc) is 2.73. The normalized spacial score (nSPS) is 24.2. The van der Waals surface area contributed by atoms with E-state index in [-0.39, 0.29) is 24.7 Å². The molecular weight excluding hydrogens is 477 g/mol. The molecule has 0 unspecified atom stereocenters. The standard InChI is InChI=1S/C26H31Cl2NO5/c1-4-20(13-26(3,33)34)29-23(16-8-10-18(27)11-9-16)21(17-6-5-7-19(28)12-17)14-25(2,24(29)32)15-22(30)31/h5-12,20-21,23,33-34H,4,13-15H2,1-3H3,(H,30,31)/t20-,21+,23+,25+/m0/s1. The van der Waals surface area contributed by atoms with E-state index in [1.165, 1.54) is 6.92 Å². The van der Waals surface area contributed by atoms with Gasteiger partial charge in [-0.2, -0.15) is 0 Å². The van der Waals surface area contributed by atoms with Crippen LogP contribution in [0.15, 0.2) is 48.5 Å². The van der Waals surface area contributed by atoms with E-state index >= 15 is 0 Å². The molecule has 0 spiro atoms. The lowest BCUT2D eigenvalue weighted by Crippen LogP contribution is -2.57. The Morgan fingerprint density at radius 1 is 1.15 bits per heavy atom. The first-order valence-electron chi connectivity index (χ1n) is 11.3. The molecule has 184 valence electrons. The third-order valence-corrected chi connectivity index (χ3v) is 7.11. The van der Waals surface area contributed by atoms with Crippen molar-refractivity contribution in [2.45, 2.75) is 70.2 Å². The van der Waals surface area contributed by atoms with Gasteiger partial charge in [0.1, 0.15) is 0 Å². The van der Waals surface area contributed by atoms with Gasteiger partial charge in [0.05, 0.1) is 17.9 Å². The van der Waals surface area contributed by atoms with E-state index in [0.717, 1.165) is 11.1 Å². The maximum absolute atomic E-state index is 14.0.